The van der Waals surface area contributed by atoms with E-state index in [-0.39, 0.29) is 24.9 Å². The number of nitrogens with zero attached hydrogens (tertiary/aromatic N) is 1. The first-order valence-electron chi connectivity index (χ1n) is 7.23. The Morgan fingerprint density at radius 1 is 1.43 bits per heavy atom. The van der Waals surface area contributed by atoms with Gasteiger partial charge in [-0.25, -0.2) is 0 Å². The van der Waals surface area contributed by atoms with Crippen molar-refractivity contribution in [2.75, 3.05) is 19.7 Å². The molecule has 1 atom stereocenters. The van der Waals surface area contributed by atoms with Crippen LogP contribution in [0.15, 0.2) is 24.3 Å². The van der Waals surface area contributed by atoms with Crippen molar-refractivity contribution in [3.63, 3.8) is 0 Å². The predicted molar refractivity (Wildman–Crippen MR) is 78.2 cm³/mol. The first-order chi connectivity index (χ1) is 10.0. The number of benzene rings is 1. The van der Waals surface area contributed by atoms with Gasteiger partial charge in [0.2, 0.25) is 0 Å². The van der Waals surface area contributed by atoms with Crippen molar-refractivity contribution in [2.45, 2.75) is 26.2 Å². The minimum atomic E-state index is -0.801. The first-order valence-corrected chi connectivity index (χ1v) is 7.23. The Morgan fingerprint density at radius 2 is 2.24 bits per heavy atom. The highest BCUT2D eigenvalue weighted by molar-refractivity contribution is 5.78. The zero-order valence-corrected chi connectivity index (χ0v) is 12.2. The summed E-state index contributed by atoms with van der Waals surface area (Å²) in [4.78, 5) is 24.6. The summed E-state index contributed by atoms with van der Waals surface area (Å²) in [6, 6.07) is 7.56. The van der Waals surface area contributed by atoms with Crippen LogP contribution in [0.4, 0.5) is 0 Å². The zero-order valence-electron chi connectivity index (χ0n) is 12.2. The van der Waals surface area contributed by atoms with Crippen LogP contribution in [-0.4, -0.2) is 41.6 Å². The van der Waals surface area contributed by atoms with E-state index in [0.717, 1.165) is 18.4 Å². The van der Waals surface area contributed by atoms with E-state index in [4.69, 9.17) is 9.84 Å². The van der Waals surface area contributed by atoms with Crippen molar-refractivity contribution in [3.05, 3.63) is 29.8 Å². The number of hydrogen-bond donors (Lipinski definition) is 1. The molecule has 5 nitrogen and oxygen atoms in total. The van der Waals surface area contributed by atoms with Gasteiger partial charge < -0.3 is 14.7 Å². The lowest BCUT2D eigenvalue weighted by Gasteiger charge is -2.32. The number of carbonyl (C=O) groups excluding carboxylic acids is 1. The number of ether oxygens (including phenoxy) is 1. The Hall–Kier alpha value is -2.04. The molecule has 0 aliphatic carbocycles. The fourth-order valence-electron chi connectivity index (χ4n) is 2.65. The van der Waals surface area contributed by atoms with Gasteiger partial charge >= 0.3 is 5.97 Å². The maximum atomic E-state index is 12.1. The van der Waals surface area contributed by atoms with E-state index in [0.29, 0.717) is 18.8 Å². The van der Waals surface area contributed by atoms with Gasteiger partial charge in [-0.15, -0.1) is 0 Å². The number of piperidine rings is 1. The smallest absolute Gasteiger partial charge is 0.303 e. The molecule has 1 aromatic rings. The summed E-state index contributed by atoms with van der Waals surface area (Å²) in [5.41, 5.74) is 1.08. The second kappa shape index (κ2) is 7.11. The van der Waals surface area contributed by atoms with E-state index < -0.39 is 5.97 Å². The molecule has 0 bridgehead atoms. The number of likely N-dealkylation sites (tertiary alicyclic amines) is 1. The lowest BCUT2D eigenvalue weighted by molar-refractivity contribution is -0.141. The van der Waals surface area contributed by atoms with E-state index >= 15 is 0 Å². The minimum absolute atomic E-state index is 0.00322. The third kappa shape index (κ3) is 4.77. The Bertz CT molecular complexity index is 515. The number of aliphatic carboxylic acids is 1. The number of aryl methyl sites for hydroxylation is 1. The highest BCUT2D eigenvalue weighted by atomic mass is 16.5. The van der Waals surface area contributed by atoms with Gasteiger partial charge in [-0.1, -0.05) is 12.1 Å². The van der Waals surface area contributed by atoms with Gasteiger partial charge in [0, 0.05) is 19.5 Å². The SMILES string of the molecule is Cc1cccc(OCC(=O)N2CCCC(CC(=O)O)C2)c1. The van der Waals surface area contributed by atoms with Crippen molar-refractivity contribution in [1.82, 2.24) is 4.90 Å². The van der Waals surface area contributed by atoms with Crippen molar-refractivity contribution in [2.24, 2.45) is 5.92 Å². The molecule has 0 spiro atoms. The first kappa shape index (κ1) is 15.4. The highest BCUT2D eigenvalue weighted by Gasteiger charge is 2.25. The topological polar surface area (TPSA) is 66.8 Å². The molecule has 21 heavy (non-hydrogen) atoms. The normalized spacial score (nSPS) is 18.3. The van der Waals surface area contributed by atoms with Crippen LogP contribution in [0.3, 0.4) is 0 Å². The molecule has 1 aromatic carbocycles. The second-order valence-electron chi connectivity index (χ2n) is 5.55. The number of amides is 1. The Labute approximate surface area is 124 Å². The van der Waals surface area contributed by atoms with Gasteiger partial charge in [0.1, 0.15) is 5.75 Å². The Morgan fingerprint density at radius 3 is 2.95 bits per heavy atom. The second-order valence-corrected chi connectivity index (χ2v) is 5.55. The number of rotatable bonds is 5. The van der Waals surface area contributed by atoms with Gasteiger partial charge in [-0.05, 0) is 43.4 Å². The molecule has 0 saturated carbocycles. The lowest BCUT2D eigenvalue weighted by Crippen LogP contribution is -2.42. The molecular weight excluding hydrogens is 270 g/mol. The van der Waals surface area contributed by atoms with Gasteiger partial charge in [0.15, 0.2) is 6.61 Å². The zero-order chi connectivity index (χ0) is 15.2. The van der Waals surface area contributed by atoms with Crippen molar-refractivity contribution in [3.8, 4) is 5.75 Å². The average Bonchev–Trinajstić information content (AvgIpc) is 2.44. The van der Waals surface area contributed by atoms with E-state index in [9.17, 15) is 9.59 Å². The highest BCUT2D eigenvalue weighted by Crippen LogP contribution is 2.20. The van der Waals surface area contributed by atoms with Crippen LogP contribution in [0.25, 0.3) is 0 Å². The number of carboxylic acid groups (broad SMARTS) is 1. The fourth-order valence-corrected chi connectivity index (χ4v) is 2.65. The molecule has 0 aromatic heterocycles. The molecule has 1 aliphatic heterocycles. The summed E-state index contributed by atoms with van der Waals surface area (Å²) in [6.07, 6.45) is 1.85. The minimum Gasteiger partial charge on any atom is -0.484 e. The molecule has 1 amide bonds. The van der Waals surface area contributed by atoms with Crippen LogP contribution in [-0.2, 0) is 9.59 Å². The van der Waals surface area contributed by atoms with Crippen LogP contribution in [0.2, 0.25) is 0 Å². The van der Waals surface area contributed by atoms with Crippen molar-refractivity contribution < 1.29 is 19.4 Å². The molecule has 5 heteroatoms. The monoisotopic (exact) mass is 291 g/mol. The summed E-state index contributed by atoms with van der Waals surface area (Å²) >= 11 is 0. The maximum absolute atomic E-state index is 12.1. The third-order valence-corrected chi connectivity index (χ3v) is 3.69. The molecule has 1 aliphatic rings. The lowest BCUT2D eigenvalue weighted by atomic mass is 9.95. The largest absolute Gasteiger partial charge is 0.484 e. The number of hydrogen-bond acceptors (Lipinski definition) is 3. The van der Waals surface area contributed by atoms with Crippen LogP contribution in [0, 0.1) is 12.8 Å². The Kier molecular flexibility index (Phi) is 5.20. The standard InChI is InChI=1S/C16H21NO4/c1-12-4-2-6-14(8-12)21-11-15(18)17-7-3-5-13(10-17)9-16(19)20/h2,4,6,8,13H,3,5,7,9-11H2,1H3,(H,19,20). The van der Waals surface area contributed by atoms with Crippen LogP contribution < -0.4 is 4.74 Å². The van der Waals surface area contributed by atoms with Crippen molar-refractivity contribution >= 4 is 11.9 Å². The molecule has 1 heterocycles. The van der Waals surface area contributed by atoms with E-state index in [1.165, 1.54) is 0 Å². The van der Waals surface area contributed by atoms with Gasteiger partial charge in [0.25, 0.3) is 5.91 Å². The molecule has 1 unspecified atom stereocenters. The van der Waals surface area contributed by atoms with Crippen LogP contribution in [0.5, 0.6) is 5.75 Å². The summed E-state index contributed by atoms with van der Waals surface area (Å²) < 4.78 is 5.51. The predicted octanol–water partition coefficient (Wildman–Crippen LogP) is 2.09. The van der Waals surface area contributed by atoms with E-state index in [1.54, 1.807) is 4.90 Å². The molecule has 0 radical (unpaired) electrons. The molecule has 1 N–H and O–H groups in total. The summed E-state index contributed by atoms with van der Waals surface area (Å²) in [5, 5.41) is 8.84. The average molecular weight is 291 g/mol. The summed E-state index contributed by atoms with van der Waals surface area (Å²) in [6.45, 7) is 3.17. The summed E-state index contributed by atoms with van der Waals surface area (Å²) in [7, 11) is 0. The van der Waals surface area contributed by atoms with Gasteiger partial charge in [-0.3, -0.25) is 9.59 Å². The third-order valence-electron chi connectivity index (χ3n) is 3.69. The van der Waals surface area contributed by atoms with Gasteiger partial charge in [-0.2, -0.15) is 0 Å². The van der Waals surface area contributed by atoms with Gasteiger partial charge in [0.05, 0.1) is 0 Å². The molecule has 1 saturated heterocycles. The molecule has 2 rings (SSSR count). The van der Waals surface area contributed by atoms with E-state index in [1.807, 2.05) is 31.2 Å². The van der Waals surface area contributed by atoms with E-state index in [2.05, 4.69) is 0 Å². The van der Waals surface area contributed by atoms with Crippen molar-refractivity contribution in [1.29, 1.82) is 0 Å². The summed E-state index contributed by atoms with van der Waals surface area (Å²) in [5.74, 6) is -0.140. The quantitative estimate of drug-likeness (QED) is 0.902. The molecule has 114 valence electrons. The van der Waals surface area contributed by atoms with Crippen LogP contribution >= 0.6 is 0 Å². The molecular formula is C16H21NO4. The fraction of sp³-hybridized carbons (Fsp3) is 0.500. The molecule has 1 fully saturated rings. The maximum Gasteiger partial charge on any atom is 0.303 e. The van der Waals surface area contributed by atoms with Crippen LogP contribution in [0.1, 0.15) is 24.8 Å². The number of carbonyl (C=O) groups is 2. The number of carboxylic acids is 1. The Balaban J connectivity index is 1.83.